The molecule has 1 N–H and O–H groups in total. The molecule has 1 saturated heterocycles. The lowest BCUT2D eigenvalue weighted by Gasteiger charge is -2.35. The molecular weight excluding hydrogens is 452 g/mol. The molecule has 1 heterocycles. The Morgan fingerprint density at radius 3 is 2.77 bits per heavy atom. The normalized spacial score (nSPS) is 16.4. The molecule has 1 aliphatic rings. The molecule has 0 aromatic heterocycles. The van der Waals surface area contributed by atoms with Crippen LogP contribution < -0.4 is 10.1 Å². The third kappa shape index (κ3) is 7.00. The summed E-state index contributed by atoms with van der Waals surface area (Å²) in [7, 11) is 0. The molecule has 1 aromatic carbocycles. The van der Waals surface area contributed by atoms with Crippen LogP contribution in [0.25, 0.3) is 0 Å². The molecule has 1 aromatic rings. The van der Waals surface area contributed by atoms with Gasteiger partial charge in [-0.25, -0.2) is 0 Å². The number of nitrogens with one attached hydrogen (secondary N) is 1. The summed E-state index contributed by atoms with van der Waals surface area (Å²) < 4.78 is 11.8. The average molecular weight is 483 g/mol. The van der Waals surface area contributed by atoms with E-state index in [-0.39, 0.29) is 18.2 Å². The summed E-state index contributed by atoms with van der Waals surface area (Å²) in [5.41, 5.74) is 0.369. The lowest BCUT2D eigenvalue weighted by molar-refractivity contribution is -0.148. The van der Waals surface area contributed by atoms with Gasteiger partial charge in [-0.1, -0.05) is 43.1 Å². The van der Waals surface area contributed by atoms with E-state index in [2.05, 4.69) is 28.2 Å². The summed E-state index contributed by atoms with van der Waals surface area (Å²) in [6.07, 6.45) is 2.44. The van der Waals surface area contributed by atoms with Crippen molar-refractivity contribution in [3.8, 4) is 5.75 Å². The van der Waals surface area contributed by atoms with E-state index in [0.29, 0.717) is 43.5 Å². The zero-order valence-electron chi connectivity index (χ0n) is 17.9. The number of amides is 2. The second kappa shape index (κ2) is 11.9. The Labute approximate surface area is 186 Å². The number of piperazine rings is 1. The van der Waals surface area contributed by atoms with Crippen LogP contribution in [-0.4, -0.2) is 55.0 Å². The average Bonchev–Trinajstić information content (AvgIpc) is 2.70. The molecule has 166 valence electrons. The van der Waals surface area contributed by atoms with Crippen molar-refractivity contribution in [2.45, 2.75) is 52.5 Å². The summed E-state index contributed by atoms with van der Waals surface area (Å²) in [5.74, 6) is -0.280. The SMILES string of the molecule is CCCCOc1ccc(Br)cc1C(=O)N1CCNC(=O)C1CC(=O)OCCC(C)C. The van der Waals surface area contributed by atoms with Crippen molar-refractivity contribution >= 4 is 33.7 Å². The van der Waals surface area contributed by atoms with Crippen LogP contribution in [-0.2, 0) is 14.3 Å². The summed E-state index contributed by atoms with van der Waals surface area (Å²) in [6.45, 7) is 7.61. The van der Waals surface area contributed by atoms with Gasteiger partial charge in [0.2, 0.25) is 5.91 Å². The van der Waals surface area contributed by atoms with Crippen LogP contribution in [0.1, 0.15) is 56.8 Å². The van der Waals surface area contributed by atoms with Crippen LogP contribution in [0.4, 0.5) is 0 Å². The maximum Gasteiger partial charge on any atom is 0.308 e. The van der Waals surface area contributed by atoms with E-state index in [9.17, 15) is 14.4 Å². The van der Waals surface area contributed by atoms with E-state index in [1.807, 2.05) is 19.9 Å². The first-order chi connectivity index (χ1) is 14.3. The number of unbranched alkanes of at least 4 members (excludes halogenated alkanes) is 1. The van der Waals surface area contributed by atoms with Crippen molar-refractivity contribution in [1.82, 2.24) is 10.2 Å². The van der Waals surface area contributed by atoms with Crippen LogP contribution in [0.15, 0.2) is 22.7 Å². The lowest BCUT2D eigenvalue weighted by Crippen LogP contribution is -2.57. The number of hydrogen-bond acceptors (Lipinski definition) is 5. The molecule has 8 heteroatoms. The van der Waals surface area contributed by atoms with Gasteiger partial charge in [-0.15, -0.1) is 0 Å². The van der Waals surface area contributed by atoms with Gasteiger partial charge < -0.3 is 19.7 Å². The van der Waals surface area contributed by atoms with Crippen molar-refractivity contribution in [2.24, 2.45) is 5.92 Å². The molecule has 0 aliphatic carbocycles. The first-order valence-electron chi connectivity index (χ1n) is 10.5. The van der Waals surface area contributed by atoms with Gasteiger partial charge in [0.25, 0.3) is 5.91 Å². The summed E-state index contributed by atoms with van der Waals surface area (Å²) in [5, 5.41) is 2.73. The Hall–Kier alpha value is -2.09. The zero-order valence-corrected chi connectivity index (χ0v) is 19.5. The molecule has 7 nitrogen and oxygen atoms in total. The van der Waals surface area contributed by atoms with Gasteiger partial charge >= 0.3 is 5.97 Å². The highest BCUT2D eigenvalue weighted by Crippen LogP contribution is 2.26. The lowest BCUT2D eigenvalue weighted by atomic mass is 10.1. The fourth-order valence-electron chi connectivity index (χ4n) is 3.06. The Balaban J connectivity index is 2.16. The summed E-state index contributed by atoms with van der Waals surface area (Å²) in [6, 6.07) is 4.34. The van der Waals surface area contributed by atoms with E-state index in [4.69, 9.17) is 9.47 Å². The molecule has 0 radical (unpaired) electrons. The quantitative estimate of drug-likeness (QED) is 0.407. The number of carbonyl (C=O) groups is 3. The first-order valence-corrected chi connectivity index (χ1v) is 11.3. The third-order valence-corrected chi connectivity index (χ3v) is 5.33. The van der Waals surface area contributed by atoms with Crippen LogP contribution in [0.2, 0.25) is 0 Å². The molecule has 1 aliphatic heterocycles. The second-order valence-corrected chi connectivity index (χ2v) is 8.67. The number of hydrogen-bond donors (Lipinski definition) is 1. The molecule has 0 saturated carbocycles. The molecule has 1 fully saturated rings. The predicted octanol–water partition coefficient (Wildman–Crippen LogP) is 3.55. The van der Waals surface area contributed by atoms with Gasteiger partial charge in [0, 0.05) is 17.6 Å². The number of rotatable bonds is 10. The van der Waals surface area contributed by atoms with Gasteiger partial charge in [-0.3, -0.25) is 14.4 Å². The van der Waals surface area contributed by atoms with E-state index < -0.39 is 12.0 Å². The highest BCUT2D eigenvalue weighted by atomic mass is 79.9. The van der Waals surface area contributed by atoms with E-state index in [1.165, 1.54) is 4.90 Å². The number of carbonyl (C=O) groups excluding carboxylic acids is 3. The number of benzene rings is 1. The maximum atomic E-state index is 13.3. The number of nitrogens with zero attached hydrogens (tertiary/aromatic N) is 1. The van der Waals surface area contributed by atoms with Gasteiger partial charge in [0.1, 0.15) is 11.8 Å². The van der Waals surface area contributed by atoms with Crippen molar-refractivity contribution in [1.29, 1.82) is 0 Å². The summed E-state index contributed by atoms with van der Waals surface area (Å²) >= 11 is 3.40. The molecule has 2 amide bonds. The number of ether oxygens (including phenoxy) is 2. The van der Waals surface area contributed by atoms with Crippen LogP contribution in [0.5, 0.6) is 5.75 Å². The highest BCUT2D eigenvalue weighted by molar-refractivity contribution is 9.10. The van der Waals surface area contributed by atoms with Crippen LogP contribution in [0.3, 0.4) is 0 Å². The zero-order chi connectivity index (χ0) is 22.1. The topological polar surface area (TPSA) is 84.9 Å². The predicted molar refractivity (Wildman–Crippen MR) is 117 cm³/mol. The van der Waals surface area contributed by atoms with Crippen LogP contribution in [0, 0.1) is 5.92 Å². The minimum atomic E-state index is -0.903. The van der Waals surface area contributed by atoms with Gasteiger partial charge in [-0.05, 0) is 37.0 Å². The minimum Gasteiger partial charge on any atom is -0.493 e. The second-order valence-electron chi connectivity index (χ2n) is 7.75. The van der Waals surface area contributed by atoms with E-state index in [0.717, 1.165) is 23.7 Å². The van der Waals surface area contributed by atoms with Crippen molar-refractivity contribution in [3.05, 3.63) is 28.2 Å². The van der Waals surface area contributed by atoms with Crippen LogP contribution >= 0.6 is 15.9 Å². The Kier molecular flexibility index (Phi) is 9.62. The first kappa shape index (κ1) is 24.2. The number of halogens is 1. The molecule has 1 unspecified atom stereocenters. The number of esters is 1. The third-order valence-electron chi connectivity index (χ3n) is 4.84. The standard InChI is InChI=1S/C22H31BrN2O5/c1-4-5-11-29-19-7-6-16(23)13-17(19)22(28)25-10-9-24-21(27)18(25)14-20(26)30-12-8-15(2)3/h6-7,13,15,18H,4-5,8-12,14H2,1-3H3,(H,24,27). The minimum absolute atomic E-state index is 0.171. The van der Waals surface area contributed by atoms with E-state index in [1.54, 1.807) is 12.1 Å². The molecule has 0 spiro atoms. The van der Waals surface area contributed by atoms with Gasteiger partial charge in [-0.2, -0.15) is 0 Å². The van der Waals surface area contributed by atoms with Crippen molar-refractivity contribution in [2.75, 3.05) is 26.3 Å². The van der Waals surface area contributed by atoms with Crippen molar-refractivity contribution in [3.63, 3.8) is 0 Å². The summed E-state index contributed by atoms with van der Waals surface area (Å²) in [4.78, 5) is 39.5. The highest BCUT2D eigenvalue weighted by Gasteiger charge is 2.36. The van der Waals surface area contributed by atoms with Gasteiger partial charge in [0.15, 0.2) is 0 Å². The Morgan fingerprint density at radius 2 is 2.07 bits per heavy atom. The van der Waals surface area contributed by atoms with E-state index >= 15 is 0 Å². The van der Waals surface area contributed by atoms with Crippen molar-refractivity contribution < 1.29 is 23.9 Å². The fraction of sp³-hybridized carbons (Fsp3) is 0.591. The molecule has 1 atom stereocenters. The largest absolute Gasteiger partial charge is 0.493 e. The molecule has 2 rings (SSSR count). The van der Waals surface area contributed by atoms with Gasteiger partial charge in [0.05, 0.1) is 25.2 Å². The molecule has 0 bridgehead atoms. The maximum absolute atomic E-state index is 13.3. The smallest absolute Gasteiger partial charge is 0.308 e. The Morgan fingerprint density at radius 1 is 1.30 bits per heavy atom. The monoisotopic (exact) mass is 482 g/mol. The Bertz CT molecular complexity index is 753. The molecule has 30 heavy (non-hydrogen) atoms. The fourth-order valence-corrected chi connectivity index (χ4v) is 3.42. The molecular formula is C22H31BrN2O5.